The highest BCUT2D eigenvalue weighted by molar-refractivity contribution is 5.89. The van der Waals surface area contributed by atoms with Gasteiger partial charge in [0.25, 0.3) is 0 Å². The molecule has 0 aromatic heterocycles. The van der Waals surface area contributed by atoms with Crippen molar-refractivity contribution in [1.29, 1.82) is 0 Å². The quantitative estimate of drug-likeness (QED) is 0.930. The Bertz CT molecular complexity index is 531. The van der Waals surface area contributed by atoms with Gasteiger partial charge in [-0.1, -0.05) is 32.9 Å². The van der Waals surface area contributed by atoms with Crippen molar-refractivity contribution in [3.05, 3.63) is 29.8 Å². The first-order chi connectivity index (χ1) is 9.77. The van der Waals surface area contributed by atoms with Crippen LogP contribution < -0.4 is 10.2 Å². The number of amides is 2. The molecule has 1 fully saturated rings. The first-order valence-electron chi connectivity index (χ1n) is 7.10. The van der Waals surface area contributed by atoms with Crippen molar-refractivity contribution in [2.75, 3.05) is 18.0 Å². The number of hydrogen-bond donors (Lipinski definition) is 1. The van der Waals surface area contributed by atoms with E-state index in [1.807, 2.05) is 24.3 Å². The number of cyclic esters (lactones) is 1. The van der Waals surface area contributed by atoms with Gasteiger partial charge < -0.3 is 10.1 Å². The van der Waals surface area contributed by atoms with Crippen LogP contribution in [-0.4, -0.2) is 31.2 Å². The van der Waals surface area contributed by atoms with Crippen molar-refractivity contribution in [2.45, 2.75) is 39.2 Å². The lowest BCUT2D eigenvalue weighted by molar-refractivity contribution is -0.119. The molecule has 1 aliphatic rings. The standard InChI is InChI=1S/C16H22N2O3/c1-11(19)17-9-14-10-18(15(20)21-14)13-7-5-12(6-8-13)16(2,3)4/h5-8,14H,9-10H2,1-4H3,(H,17,19)/t14-/m0/s1. The minimum atomic E-state index is -0.367. The lowest BCUT2D eigenvalue weighted by Gasteiger charge is -2.20. The predicted octanol–water partition coefficient (Wildman–Crippen LogP) is 2.45. The lowest BCUT2D eigenvalue weighted by atomic mass is 9.87. The topological polar surface area (TPSA) is 58.6 Å². The molecule has 0 saturated carbocycles. The molecule has 114 valence electrons. The fourth-order valence-corrected chi connectivity index (χ4v) is 2.24. The van der Waals surface area contributed by atoms with Gasteiger partial charge >= 0.3 is 6.09 Å². The van der Waals surface area contributed by atoms with Gasteiger partial charge in [-0.2, -0.15) is 0 Å². The second-order valence-electron chi connectivity index (χ2n) is 6.35. The molecule has 0 aliphatic carbocycles. The van der Waals surface area contributed by atoms with Gasteiger partial charge in [-0.05, 0) is 23.1 Å². The molecule has 0 unspecified atom stereocenters. The summed E-state index contributed by atoms with van der Waals surface area (Å²) in [6, 6.07) is 7.93. The van der Waals surface area contributed by atoms with E-state index in [0.717, 1.165) is 5.69 Å². The monoisotopic (exact) mass is 290 g/mol. The Balaban J connectivity index is 2.05. The fraction of sp³-hybridized carbons (Fsp3) is 0.500. The highest BCUT2D eigenvalue weighted by Gasteiger charge is 2.32. The molecular weight excluding hydrogens is 268 g/mol. The van der Waals surface area contributed by atoms with E-state index in [4.69, 9.17) is 4.74 Å². The van der Waals surface area contributed by atoms with Gasteiger partial charge in [0.15, 0.2) is 0 Å². The molecule has 1 aliphatic heterocycles. The molecule has 2 rings (SSSR count). The molecule has 1 heterocycles. The summed E-state index contributed by atoms with van der Waals surface area (Å²) in [5, 5.41) is 2.67. The van der Waals surface area contributed by atoms with Gasteiger partial charge in [0.1, 0.15) is 6.10 Å². The Hall–Kier alpha value is -2.04. The zero-order valence-electron chi connectivity index (χ0n) is 13.0. The highest BCUT2D eigenvalue weighted by atomic mass is 16.6. The largest absolute Gasteiger partial charge is 0.442 e. The zero-order chi connectivity index (χ0) is 15.6. The number of ether oxygens (including phenoxy) is 1. The van der Waals surface area contributed by atoms with Crippen LogP contribution in [0.4, 0.5) is 10.5 Å². The maximum Gasteiger partial charge on any atom is 0.414 e. The molecule has 1 saturated heterocycles. The molecular formula is C16H22N2O3. The van der Waals surface area contributed by atoms with Crippen LogP contribution in [0.1, 0.15) is 33.3 Å². The Morgan fingerprint density at radius 2 is 1.95 bits per heavy atom. The molecule has 0 spiro atoms. The van der Waals surface area contributed by atoms with Crippen molar-refractivity contribution < 1.29 is 14.3 Å². The smallest absolute Gasteiger partial charge is 0.414 e. The van der Waals surface area contributed by atoms with Gasteiger partial charge in [-0.25, -0.2) is 4.79 Å². The first-order valence-corrected chi connectivity index (χ1v) is 7.10. The second-order valence-corrected chi connectivity index (χ2v) is 6.35. The SMILES string of the molecule is CC(=O)NC[C@H]1CN(c2ccc(C(C)(C)C)cc2)C(=O)O1. The average molecular weight is 290 g/mol. The number of rotatable bonds is 3. The minimum Gasteiger partial charge on any atom is -0.442 e. The number of anilines is 1. The number of benzene rings is 1. The molecule has 0 radical (unpaired) electrons. The normalized spacial score (nSPS) is 18.6. The molecule has 1 aromatic carbocycles. The van der Waals surface area contributed by atoms with E-state index in [1.54, 1.807) is 4.90 Å². The summed E-state index contributed by atoms with van der Waals surface area (Å²) in [5.74, 6) is -0.126. The Morgan fingerprint density at radius 3 is 2.48 bits per heavy atom. The maximum absolute atomic E-state index is 11.9. The summed E-state index contributed by atoms with van der Waals surface area (Å²) in [5.41, 5.74) is 2.12. The molecule has 1 atom stereocenters. The summed E-state index contributed by atoms with van der Waals surface area (Å²) in [7, 11) is 0. The van der Waals surface area contributed by atoms with Crippen LogP contribution in [0.15, 0.2) is 24.3 Å². The van der Waals surface area contributed by atoms with Crippen LogP contribution in [0.5, 0.6) is 0 Å². The van der Waals surface area contributed by atoms with Crippen molar-refractivity contribution in [3.8, 4) is 0 Å². The Labute approximate surface area is 125 Å². The number of carbonyl (C=O) groups excluding carboxylic acids is 2. The van der Waals surface area contributed by atoms with E-state index in [1.165, 1.54) is 12.5 Å². The zero-order valence-corrected chi connectivity index (χ0v) is 13.0. The lowest BCUT2D eigenvalue weighted by Crippen LogP contribution is -2.33. The fourth-order valence-electron chi connectivity index (χ4n) is 2.24. The van der Waals surface area contributed by atoms with Crippen LogP contribution in [-0.2, 0) is 14.9 Å². The van der Waals surface area contributed by atoms with Crippen molar-refractivity contribution in [1.82, 2.24) is 5.32 Å². The Morgan fingerprint density at radius 1 is 1.33 bits per heavy atom. The van der Waals surface area contributed by atoms with Crippen LogP contribution in [0.25, 0.3) is 0 Å². The highest BCUT2D eigenvalue weighted by Crippen LogP contribution is 2.27. The molecule has 0 bridgehead atoms. The van der Waals surface area contributed by atoms with Crippen LogP contribution in [0.3, 0.4) is 0 Å². The van der Waals surface area contributed by atoms with E-state index in [2.05, 4.69) is 26.1 Å². The van der Waals surface area contributed by atoms with Crippen LogP contribution in [0.2, 0.25) is 0 Å². The van der Waals surface area contributed by atoms with E-state index in [-0.39, 0.29) is 23.5 Å². The van der Waals surface area contributed by atoms with E-state index in [9.17, 15) is 9.59 Å². The minimum absolute atomic E-state index is 0.0813. The van der Waals surface area contributed by atoms with Gasteiger partial charge in [0, 0.05) is 12.6 Å². The average Bonchev–Trinajstić information content (AvgIpc) is 2.77. The third kappa shape index (κ3) is 3.74. The number of nitrogens with zero attached hydrogens (tertiary/aromatic N) is 1. The van der Waals surface area contributed by atoms with Crippen LogP contribution >= 0.6 is 0 Å². The summed E-state index contributed by atoms with van der Waals surface area (Å²) in [6.45, 7) is 8.69. The molecule has 1 N–H and O–H groups in total. The summed E-state index contributed by atoms with van der Waals surface area (Å²) < 4.78 is 5.25. The van der Waals surface area contributed by atoms with E-state index in [0.29, 0.717) is 13.1 Å². The first kappa shape index (κ1) is 15.4. The predicted molar refractivity (Wildman–Crippen MR) is 81.4 cm³/mol. The summed E-state index contributed by atoms with van der Waals surface area (Å²) >= 11 is 0. The summed E-state index contributed by atoms with van der Waals surface area (Å²) in [6.07, 6.45) is -0.669. The van der Waals surface area contributed by atoms with Crippen molar-refractivity contribution in [2.24, 2.45) is 0 Å². The molecule has 5 nitrogen and oxygen atoms in total. The molecule has 5 heteroatoms. The molecule has 1 aromatic rings. The summed E-state index contributed by atoms with van der Waals surface area (Å²) in [4.78, 5) is 24.4. The molecule has 21 heavy (non-hydrogen) atoms. The third-order valence-corrected chi connectivity index (χ3v) is 3.50. The number of hydrogen-bond acceptors (Lipinski definition) is 3. The third-order valence-electron chi connectivity index (χ3n) is 3.50. The second kappa shape index (κ2) is 5.76. The van der Waals surface area contributed by atoms with E-state index >= 15 is 0 Å². The van der Waals surface area contributed by atoms with Crippen molar-refractivity contribution >= 4 is 17.7 Å². The van der Waals surface area contributed by atoms with Crippen LogP contribution in [0, 0.1) is 0 Å². The van der Waals surface area contributed by atoms with Gasteiger partial charge in [0.2, 0.25) is 5.91 Å². The number of carbonyl (C=O) groups is 2. The van der Waals surface area contributed by atoms with Crippen molar-refractivity contribution in [3.63, 3.8) is 0 Å². The van der Waals surface area contributed by atoms with E-state index < -0.39 is 0 Å². The Kier molecular flexibility index (Phi) is 4.21. The van der Waals surface area contributed by atoms with Gasteiger partial charge in [0.05, 0.1) is 13.1 Å². The maximum atomic E-state index is 11.9. The van der Waals surface area contributed by atoms with Gasteiger partial charge in [-0.15, -0.1) is 0 Å². The van der Waals surface area contributed by atoms with Gasteiger partial charge in [-0.3, -0.25) is 9.69 Å². The molecule has 2 amide bonds. The number of nitrogens with one attached hydrogen (secondary N) is 1.